The standard InChI is InChI=1S/C21H24O6/c1-6-27-21(22)13-16(14-7-9-17(23-2)19(11-14)25-4)15-8-10-18(24-3)20(12-15)26-5/h7-13H,6H2,1-5H3. The summed E-state index contributed by atoms with van der Waals surface area (Å²) in [4.78, 5) is 12.1. The molecule has 0 unspecified atom stereocenters. The minimum Gasteiger partial charge on any atom is -0.493 e. The first-order valence-electron chi connectivity index (χ1n) is 8.41. The second-order valence-electron chi connectivity index (χ2n) is 5.45. The number of rotatable bonds is 8. The first-order valence-corrected chi connectivity index (χ1v) is 8.41. The minimum atomic E-state index is -0.433. The highest BCUT2D eigenvalue weighted by Crippen LogP contribution is 2.36. The van der Waals surface area contributed by atoms with Crippen molar-refractivity contribution in [1.82, 2.24) is 0 Å². The van der Waals surface area contributed by atoms with Crippen LogP contribution in [0.2, 0.25) is 0 Å². The maximum atomic E-state index is 12.1. The van der Waals surface area contributed by atoms with E-state index in [4.69, 9.17) is 23.7 Å². The number of hydrogen-bond acceptors (Lipinski definition) is 6. The molecule has 0 aliphatic heterocycles. The Morgan fingerprint density at radius 2 is 1.22 bits per heavy atom. The van der Waals surface area contributed by atoms with Crippen LogP contribution in [0.1, 0.15) is 18.1 Å². The first kappa shape index (κ1) is 20.2. The highest BCUT2D eigenvalue weighted by molar-refractivity contribution is 5.96. The summed E-state index contributed by atoms with van der Waals surface area (Å²) in [6.07, 6.45) is 1.45. The maximum Gasteiger partial charge on any atom is 0.331 e. The molecule has 0 saturated heterocycles. The van der Waals surface area contributed by atoms with Crippen molar-refractivity contribution in [3.8, 4) is 23.0 Å². The van der Waals surface area contributed by atoms with Gasteiger partial charge in [-0.3, -0.25) is 0 Å². The van der Waals surface area contributed by atoms with Gasteiger partial charge in [0.25, 0.3) is 0 Å². The van der Waals surface area contributed by atoms with Gasteiger partial charge in [0.1, 0.15) is 0 Å². The van der Waals surface area contributed by atoms with E-state index in [1.54, 1.807) is 59.6 Å². The van der Waals surface area contributed by atoms with E-state index >= 15 is 0 Å². The molecule has 0 atom stereocenters. The molecule has 27 heavy (non-hydrogen) atoms. The highest BCUT2D eigenvalue weighted by Gasteiger charge is 2.14. The topological polar surface area (TPSA) is 63.2 Å². The van der Waals surface area contributed by atoms with Gasteiger partial charge in [-0.15, -0.1) is 0 Å². The van der Waals surface area contributed by atoms with E-state index in [0.717, 1.165) is 11.1 Å². The maximum absolute atomic E-state index is 12.1. The molecule has 2 rings (SSSR count). The Kier molecular flexibility index (Phi) is 7.11. The van der Waals surface area contributed by atoms with E-state index < -0.39 is 5.97 Å². The lowest BCUT2D eigenvalue weighted by Gasteiger charge is -2.14. The molecule has 0 aliphatic rings. The molecule has 0 N–H and O–H groups in total. The van der Waals surface area contributed by atoms with E-state index in [-0.39, 0.29) is 0 Å². The lowest BCUT2D eigenvalue weighted by Crippen LogP contribution is -2.02. The summed E-state index contributed by atoms with van der Waals surface area (Å²) < 4.78 is 26.4. The van der Waals surface area contributed by atoms with Gasteiger partial charge < -0.3 is 23.7 Å². The molecule has 0 aliphatic carbocycles. The minimum absolute atomic E-state index is 0.292. The zero-order chi connectivity index (χ0) is 19.8. The third-order valence-electron chi connectivity index (χ3n) is 3.94. The predicted molar refractivity (Wildman–Crippen MR) is 103 cm³/mol. The van der Waals surface area contributed by atoms with Gasteiger partial charge in [-0.05, 0) is 47.9 Å². The van der Waals surface area contributed by atoms with Gasteiger partial charge in [0.15, 0.2) is 23.0 Å². The zero-order valence-corrected chi connectivity index (χ0v) is 16.2. The fourth-order valence-corrected chi connectivity index (χ4v) is 2.64. The number of methoxy groups -OCH3 is 4. The van der Waals surface area contributed by atoms with E-state index in [1.807, 2.05) is 12.1 Å². The van der Waals surface area contributed by atoms with E-state index in [9.17, 15) is 4.79 Å². The van der Waals surface area contributed by atoms with Gasteiger partial charge >= 0.3 is 5.97 Å². The van der Waals surface area contributed by atoms with Crippen molar-refractivity contribution in [3.63, 3.8) is 0 Å². The number of carbonyl (C=O) groups is 1. The molecule has 0 bridgehead atoms. The Balaban J connectivity index is 2.61. The van der Waals surface area contributed by atoms with Crippen LogP contribution in [0.25, 0.3) is 5.57 Å². The molecule has 0 aromatic heterocycles. The summed E-state index contributed by atoms with van der Waals surface area (Å²) in [6.45, 7) is 2.05. The molecule has 0 fully saturated rings. The Morgan fingerprint density at radius 3 is 1.59 bits per heavy atom. The SMILES string of the molecule is CCOC(=O)C=C(c1ccc(OC)c(OC)c1)c1ccc(OC)c(OC)c1. The Labute approximate surface area is 159 Å². The molecule has 6 heteroatoms. The first-order chi connectivity index (χ1) is 13.1. The monoisotopic (exact) mass is 372 g/mol. The Hall–Kier alpha value is -3.15. The molecular weight excluding hydrogens is 348 g/mol. The number of esters is 1. The van der Waals surface area contributed by atoms with Gasteiger partial charge in [0.05, 0.1) is 35.0 Å². The third-order valence-corrected chi connectivity index (χ3v) is 3.94. The number of hydrogen-bond donors (Lipinski definition) is 0. The zero-order valence-electron chi connectivity index (χ0n) is 16.2. The van der Waals surface area contributed by atoms with Crippen LogP contribution in [-0.2, 0) is 9.53 Å². The van der Waals surface area contributed by atoms with Crippen molar-refractivity contribution >= 4 is 11.5 Å². The number of carbonyl (C=O) groups excluding carboxylic acids is 1. The Morgan fingerprint density at radius 1 is 0.778 bits per heavy atom. The molecule has 144 valence electrons. The van der Waals surface area contributed by atoms with Gasteiger partial charge in [-0.2, -0.15) is 0 Å². The van der Waals surface area contributed by atoms with Gasteiger partial charge in [-0.25, -0.2) is 4.79 Å². The van der Waals surface area contributed by atoms with Gasteiger partial charge in [0.2, 0.25) is 0 Å². The van der Waals surface area contributed by atoms with Crippen molar-refractivity contribution in [2.75, 3.05) is 35.0 Å². The quantitative estimate of drug-likeness (QED) is 0.520. The molecule has 0 spiro atoms. The molecule has 0 amide bonds. The van der Waals surface area contributed by atoms with Gasteiger partial charge in [0, 0.05) is 6.08 Å². The fraction of sp³-hybridized carbons (Fsp3) is 0.286. The Bertz CT molecular complexity index is 768. The summed E-state index contributed by atoms with van der Waals surface area (Å²) in [5.41, 5.74) is 2.20. The van der Waals surface area contributed by atoms with Crippen LogP contribution in [-0.4, -0.2) is 41.0 Å². The van der Waals surface area contributed by atoms with E-state index in [1.165, 1.54) is 6.08 Å². The van der Waals surface area contributed by atoms with E-state index in [0.29, 0.717) is 35.2 Å². The van der Waals surface area contributed by atoms with Crippen molar-refractivity contribution in [2.24, 2.45) is 0 Å². The van der Waals surface area contributed by atoms with Crippen molar-refractivity contribution in [1.29, 1.82) is 0 Å². The third kappa shape index (κ3) is 4.73. The molecule has 2 aromatic rings. The average molecular weight is 372 g/mol. The number of ether oxygens (including phenoxy) is 5. The molecule has 0 saturated carbocycles. The number of benzene rings is 2. The van der Waals surface area contributed by atoms with Gasteiger partial charge in [-0.1, -0.05) is 12.1 Å². The molecular formula is C21H24O6. The van der Waals surface area contributed by atoms with Crippen LogP contribution in [0.4, 0.5) is 0 Å². The normalized spacial score (nSPS) is 9.96. The lowest BCUT2D eigenvalue weighted by atomic mass is 9.96. The summed E-state index contributed by atoms with van der Waals surface area (Å²) >= 11 is 0. The molecule has 0 heterocycles. The molecule has 6 nitrogen and oxygen atoms in total. The van der Waals surface area contributed by atoms with Crippen LogP contribution < -0.4 is 18.9 Å². The van der Waals surface area contributed by atoms with Crippen molar-refractivity contribution in [3.05, 3.63) is 53.6 Å². The largest absolute Gasteiger partial charge is 0.493 e. The summed E-state index contributed by atoms with van der Waals surface area (Å²) in [5.74, 6) is 1.89. The molecule has 0 radical (unpaired) electrons. The van der Waals surface area contributed by atoms with Crippen LogP contribution in [0, 0.1) is 0 Å². The van der Waals surface area contributed by atoms with Crippen LogP contribution in [0.15, 0.2) is 42.5 Å². The lowest BCUT2D eigenvalue weighted by molar-refractivity contribution is -0.137. The van der Waals surface area contributed by atoms with E-state index in [2.05, 4.69) is 0 Å². The summed E-state index contributed by atoms with van der Waals surface area (Å²) in [7, 11) is 6.27. The summed E-state index contributed by atoms with van der Waals surface area (Å²) in [6, 6.07) is 10.9. The van der Waals surface area contributed by atoms with Crippen molar-refractivity contribution in [2.45, 2.75) is 6.92 Å². The van der Waals surface area contributed by atoms with Crippen molar-refractivity contribution < 1.29 is 28.5 Å². The average Bonchev–Trinajstić information content (AvgIpc) is 2.71. The smallest absolute Gasteiger partial charge is 0.331 e. The fourth-order valence-electron chi connectivity index (χ4n) is 2.64. The second kappa shape index (κ2) is 9.52. The highest BCUT2D eigenvalue weighted by atomic mass is 16.5. The summed E-state index contributed by atoms with van der Waals surface area (Å²) in [5, 5.41) is 0. The predicted octanol–water partition coefficient (Wildman–Crippen LogP) is 3.72. The van der Waals surface area contributed by atoms with Crippen LogP contribution in [0.3, 0.4) is 0 Å². The van der Waals surface area contributed by atoms with Crippen LogP contribution in [0.5, 0.6) is 23.0 Å². The van der Waals surface area contributed by atoms with Crippen LogP contribution >= 0.6 is 0 Å². The molecule has 2 aromatic carbocycles. The second-order valence-corrected chi connectivity index (χ2v) is 5.45.